The van der Waals surface area contributed by atoms with Crippen LogP contribution < -0.4 is 0 Å². The van der Waals surface area contributed by atoms with Gasteiger partial charge in [-0.25, -0.2) is 0 Å². The Balaban J connectivity index is 4.34. The van der Waals surface area contributed by atoms with Gasteiger partial charge >= 0.3 is 11.9 Å². The Kier molecular flexibility index (Phi) is 21.0. The van der Waals surface area contributed by atoms with Crippen molar-refractivity contribution in [3.63, 3.8) is 0 Å². The first kappa shape index (κ1) is 30.9. The standard InChI is InChI=1S/C28H54O4/c1-3-5-7-9-11-13-15-17-19-23-28(27(31)32,25-21-22-26(29)30)24-20-18-16-14-12-10-8-6-4-2/h3-25H2,1-2H3,(H,29,30)(H,31,32). The summed E-state index contributed by atoms with van der Waals surface area (Å²) in [5.41, 5.74) is -0.725. The first-order valence-electron chi connectivity index (χ1n) is 13.9. The summed E-state index contributed by atoms with van der Waals surface area (Å²) in [4.78, 5) is 23.2. The number of carboxylic acids is 2. The van der Waals surface area contributed by atoms with E-state index >= 15 is 0 Å². The van der Waals surface area contributed by atoms with Gasteiger partial charge in [-0.05, 0) is 25.7 Å². The fraction of sp³-hybridized carbons (Fsp3) is 0.929. The van der Waals surface area contributed by atoms with E-state index in [2.05, 4.69) is 13.8 Å². The van der Waals surface area contributed by atoms with Gasteiger partial charge in [0.25, 0.3) is 0 Å². The molecule has 0 atom stereocenters. The summed E-state index contributed by atoms with van der Waals surface area (Å²) in [6, 6.07) is 0. The number of carboxylic acid groups (broad SMARTS) is 2. The Morgan fingerprint density at radius 2 is 0.812 bits per heavy atom. The van der Waals surface area contributed by atoms with Crippen LogP contribution in [-0.4, -0.2) is 22.2 Å². The van der Waals surface area contributed by atoms with E-state index in [9.17, 15) is 14.7 Å². The van der Waals surface area contributed by atoms with Crippen molar-refractivity contribution in [1.29, 1.82) is 0 Å². The average molecular weight is 455 g/mol. The molecular formula is C28H54O4. The van der Waals surface area contributed by atoms with E-state index in [-0.39, 0.29) is 6.42 Å². The quantitative estimate of drug-likeness (QED) is 0.135. The number of rotatable bonds is 25. The number of hydrogen-bond donors (Lipinski definition) is 2. The second kappa shape index (κ2) is 21.8. The van der Waals surface area contributed by atoms with Gasteiger partial charge in [0.05, 0.1) is 5.41 Å². The molecule has 0 amide bonds. The van der Waals surface area contributed by atoms with Gasteiger partial charge in [-0.15, -0.1) is 0 Å². The molecule has 32 heavy (non-hydrogen) atoms. The van der Waals surface area contributed by atoms with E-state index in [1.165, 1.54) is 89.9 Å². The molecule has 4 nitrogen and oxygen atoms in total. The van der Waals surface area contributed by atoms with Crippen LogP contribution in [0.2, 0.25) is 0 Å². The van der Waals surface area contributed by atoms with E-state index in [1.807, 2.05) is 0 Å². The molecule has 0 aliphatic heterocycles. The highest BCUT2D eigenvalue weighted by Crippen LogP contribution is 2.37. The van der Waals surface area contributed by atoms with Crippen LogP contribution in [0.5, 0.6) is 0 Å². The molecule has 0 saturated heterocycles. The number of unbranched alkanes of at least 4 members (excludes halogenated alkanes) is 16. The van der Waals surface area contributed by atoms with Crippen LogP contribution in [0.25, 0.3) is 0 Å². The van der Waals surface area contributed by atoms with Crippen LogP contribution >= 0.6 is 0 Å². The maximum atomic E-state index is 12.3. The van der Waals surface area contributed by atoms with Gasteiger partial charge in [0, 0.05) is 6.42 Å². The zero-order chi connectivity index (χ0) is 23.9. The highest BCUT2D eigenvalue weighted by atomic mass is 16.4. The molecule has 0 aromatic rings. The van der Waals surface area contributed by atoms with Crippen molar-refractivity contribution < 1.29 is 19.8 Å². The third-order valence-corrected chi connectivity index (χ3v) is 7.02. The first-order valence-corrected chi connectivity index (χ1v) is 13.9. The molecular weight excluding hydrogens is 400 g/mol. The Bertz CT molecular complexity index is 425. The lowest BCUT2D eigenvalue weighted by atomic mass is 9.74. The summed E-state index contributed by atoms with van der Waals surface area (Å²) in [6.07, 6.45) is 24.5. The Morgan fingerprint density at radius 3 is 1.12 bits per heavy atom. The van der Waals surface area contributed by atoms with Crippen molar-refractivity contribution in [2.75, 3.05) is 0 Å². The van der Waals surface area contributed by atoms with Crippen molar-refractivity contribution >= 4 is 11.9 Å². The van der Waals surface area contributed by atoms with E-state index in [1.54, 1.807) is 0 Å². The van der Waals surface area contributed by atoms with Gasteiger partial charge in [0.15, 0.2) is 0 Å². The third kappa shape index (κ3) is 17.5. The van der Waals surface area contributed by atoms with Gasteiger partial charge in [-0.2, -0.15) is 0 Å². The molecule has 0 heterocycles. The molecule has 0 unspecified atom stereocenters. The molecule has 0 fully saturated rings. The lowest BCUT2D eigenvalue weighted by Crippen LogP contribution is -2.31. The first-order chi connectivity index (χ1) is 15.5. The smallest absolute Gasteiger partial charge is 0.309 e. The fourth-order valence-electron chi connectivity index (χ4n) is 4.82. The van der Waals surface area contributed by atoms with Crippen LogP contribution in [0.4, 0.5) is 0 Å². The van der Waals surface area contributed by atoms with Crippen molar-refractivity contribution in [3.05, 3.63) is 0 Å². The summed E-state index contributed by atoms with van der Waals surface area (Å²) < 4.78 is 0. The second-order valence-electron chi connectivity index (χ2n) is 9.99. The molecule has 0 aliphatic rings. The molecule has 0 radical (unpaired) electrons. The summed E-state index contributed by atoms with van der Waals surface area (Å²) in [6.45, 7) is 4.47. The van der Waals surface area contributed by atoms with Crippen molar-refractivity contribution in [1.82, 2.24) is 0 Å². The van der Waals surface area contributed by atoms with Gasteiger partial charge in [0.2, 0.25) is 0 Å². The minimum atomic E-state index is -0.824. The number of hydrogen-bond acceptors (Lipinski definition) is 2. The lowest BCUT2D eigenvalue weighted by Gasteiger charge is -2.30. The van der Waals surface area contributed by atoms with Crippen LogP contribution in [-0.2, 0) is 9.59 Å². The highest BCUT2D eigenvalue weighted by Gasteiger charge is 2.36. The minimum absolute atomic E-state index is 0.0740. The molecule has 0 saturated carbocycles. The zero-order valence-electron chi connectivity index (χ0n) is 21.5. The molecule has 0 spiro atoms. The van der Waals surface area contributed by atoms with Crippen molar-refractivity contribution in [2.24, 2.45) is 5.41 Å². The topological polar surface area (TPSA) is 74.6 Å². The van der Waals surface area contributed by atoms with E-state index in [0.717, 1.165) is 25.7 Å². The molecule has 0 rings (SSSR count). The maximum absolute atomic E-state index is 12.3. The molecule has 0 aromatic heterocycles. The number of aliphatic carboxylic acids is 2. The summed E-state index contributed by atoms with van der Waals surface area (Å²) in [7, 11) is 0. The lowest BCUT2D eigenvalue weighted by molar-refractivity contribution is -0.151. The Morgan fingerprint density at radius 1 is 0.500 bits per heavy atom. The third-order valence-electron chi connectivity index (χ3n) is 7.02. The zero-order valence-corrected chi connectivity index (χ0v) is 21.5. The van der Waals surface area contributed by atoms with Crippen LogP contribution in [0, 0.1) is 5.41 Å². The molecule has 190 valence electrons. The van der Waals surface area contributed by atoms with E-state index < -0.39 is 17.4 Å². The monoisotopic (exact) mass is 454 g/mol. The molecule has 2 N–H and O–H groups in total. The van der Waals surface area contributed by atoms with Crippen LogP contribution in [0.3, 0.4) is 0 Å². The molecule has 0 aliphatic carbocycles. The molecule has 0 aromatic carbocycles. The van der Waals surface area contributed by atoms with Crippen molar-refractivity contribution in [2.45, 2.75) is 162 Å². The summed E-state index contributed by atoms with van der Waals surface area (Å²) >= 11 is 0. The van der Waals surface area contributed by atoms with Gasteiger partial charge in [-0.3, -0.25) is 9.59 Å². The predicted molar refractivity (Wildman–Crippen MR) is 135 cm³/mol. The SMILES string of the molecule is CCCCCCCCCCCC(CCCCCCCCCCC)(CCCC(=O)O)C(=O)O. The van der Waals surface area contributed by atoms with E-state index in [4.69, 9.17) is 5.11 Å². The van der Waals surface area contributed by atoms with Gasteiger partial charge in [-0.1, -0.05) is 129 Å². The number of carbonyl (C=O) groups is 2. The van der Waals surface area contributed by atoms with E-state index in [0.29, 0.717) is 25.7 Å². The van der Waals surface area contributed by atoms with Crippen LogP contribution in [0.15, 0.2) is 0 Å². The normalized spacial score (nSPS) is 11.7. The van der Waals surface area contributed by atoms with Gasteiger partial charge < -0.3 is 10.2 Å². The fourth-order valence-corrected chi connectivity index (χ4v) is 4.82. The largest absolute Gasteiger partial charge is 0.481 e. The highest BCUT2D eigenvalue weighted by molar-refractivity contribution is 5.74. The van der Waals surface area contributed by atoms with Crippen LogP contribution in [0.1, 0.15) is 162 Å². The average Bonchev–Trinajstić information content (AvgIpc) is 2.76. The Labute approximate surface area is 199 Å². The minimum Gasteiger partial charge on any atom is -0.481 e. The second-order valence-corrected chi connectivity index (χ2v) is 9.99. The maximum Gasteiger partial charge on any atom is 0.309 e. The molecule has 4 heteroatoms. The van der Waals surface area contributed by atoms with Gasteiger partial charge in [0.1, 0.15) is 0 Å². The van der Waals surface area contributed by atoms with Crippen molar-refractivity contribution in [3.8, 4) is 0 Å². The predicted octanol–water partition coefficient (Wildman–Crippen LogP) is 9.15. The molecule has 0 bridgehead atoms. The Hall–Kier alpha value is -1.06. The summed E-state index contributed by atoms with van der Waals surface area (Å²) in [5, 5.41) is 19.1. The summed E-state index contributed by atoms with van der Waals surface area (Å²) in [5.74, 6) is -1.53.